The first-order valence-corrected chi connectivity index (χ1v) is 6.43. The van der Waals surface area contributed by atoms with Crippen molar-refractivity contribution in [3.05, 3.63) is 41.0 Å². The molecule has 3 aliphatic rings. The van der Waals surface area contributed by atoms with E-state index in [9.17, 15) is 0 Å². The van der Waals surface area contributed by atoms with Crippen molar-refractivity contribution in [1.82, 2.24) is 0 Å². The Hall–Kier alpha value is -1.12. The molecular formula is C15H16O2. The molecule has 0 amide bonds. The molecule has 1 aromatic carbocycles. The lowest BCUT2D eigenvalue weighted by atomic mass is 9.87. The Morgan fingerprint density at radius 3 is 2.76 bits per heavy atom. The van der Waals surface area contributed by atoms with Crippen LogP contribution in [0.2, 0.25) is 0 Å². The molecule has 2 nitrogen and oxygen atoms in total. The molecule has 1 fully saturated rings. The van der Waals surface area contributed by atoms with Gasteiger partial charge in [-0.05, 0) is 29.5 Å². The van der Waals surface area contributed by atoms with Crippen LogP contribution >= 0.6 is 0 Å². The Kier molecular flexibility index (Phi) is 1.99. The molecule has 0 atom stereocenters. The second kappa shape index (κ2) is 3.44. The fourth-order valence-electron chi connectivity index (χ4n) is 3.40. The minimum atomic E-state index is -0.295. The second-order valence-electron chi connectivity index (χ2n) is 5.20. The lowest BCUT2D eigenvalue weighted by Crippen LogP contribution is -2.32. The predicted molar refractivity (Wildman–Crippen MR) is 65.6 cm³/mol. The summed E-state index contributed by atoms with van der Waals surface area (Å²) >= 11 is 0. The zero-order valence-electron chi connectivity index (χ0n) is 9.87. The van der Waals surface area contributed by atoms with Gasteiger partial charge in [0.1, 0.15) is 0 Å². The Morgan fingerprint density at radius 1 is 1.06 bits per heavy atom. The zero-order chi connectivity index (χ0) is 11.3. The predicted octanol–water partition coefficient (Wildman–Crippen LogP) is 2.92. The first-order chi connectivity index (χ1) is 8.36. The van der Waals surface area contributed by atoms with Crippen molar-refractivity contribution in [3.8, 4) is 0 Å². The lowest BCUT2D eigenvalue weighted by molar-refractivity contribution is -0.159. The molecule has 2 heteroatoms. The van der Waals surface area contributed by atoms with Crippen molar-refractivity contribution in [3.63, 3.8) is 0 Å². The number of hydrogen-bond acceptors (Lipinski definition) is 2. The minimum Gasteiger partial charge on any atom is -0.347 e. The van der Waals surface area contributed by atoms with E-state index in [1.165, 1.54) is 16.7 Å². The Balaban J connectivity index is 1.74. The number of fused-ring (bicyclic) bond motifs is 2. The largest absolute Gasteiger partial charge is 0.347 e. The van der Waals surface area contributed by atoms with E-state index >= 15 is 0 Å². The molecular weight excluding hydrogens is 212 g/mol. The van der Waals surface area contributed by atoms with Crippen LogP contribution in [0.3, 0.4) is 0 Å². The smallest absolute Gasteiger partial charge is 0.172 e. The van der Waals surface area contributed by atoms with Gasteiger partial charge in [0.05, 0.1) is 13.2 Å². The van der Waals surface area contributed by atoms with E-state index in [2.05, 4.69) is 24.3 Å². The third-order valence-corrected chi connectivity index (χ3v) is 4.24. The van der Waals surface area contributed by atoms with Gasteiger partial charge < -0.3 is 9.47 Å². The highest BCUT2D eigenvalue weighted by atomic mass is 16.7. The van der Waals surface area contributed by atoms with Crippen LogP contribution in [0.5, 0.6) is 0 Å². The molecule has 0 radical (unpaired) electrons. The van der Waals surface area contributed by atoms with Crippen molar-refractivity contribution >= 4 is 5.57 Å². The Bertz CT molecular complexity index is 495. The van der Waals surface area contributed by atoms with Crippen molar-refractivity contribution < 1.29 is 9.47 Å². The summed E-state index contributed by atoms with van der Waals surface area (Å²) in [6.07, 6.45) is 4.24. The van der Waals surface area contributed by atoms with E-state index in [4.69, 9.17) is 9.47 Å². The van der Waals surface area contributed by atoms with Gasteiger partial charge in [0.25, 0.3) is 0 Å². The zero-order valence-corrected chi connectivity index (χ0v) is 9.87. The van der Waals surface area contributed by atoms with E-state index in [-0.39, 0.29) is 5.79 Å². The summed E-state index contributed by atoms with van der Waals surface area (Å²) < 4.78 is 11.7. The first kappa shape index (κ1) is 9.86. The van der Waals surface area contributed by atoms with Crippen LogP contribution < -0.4 is 0 Å². The van der Waals surface area contributed by atoms with Gasteiger partial charge in [-0.3, -0.25) is 0 Å². The minimum absolute atomic E-state index is 0.295. The lowest BCUT2D eigenvalue weighted by Gasteiger charge is -2.32. The molecule has 2 aliphatic carbocycles. The van der Waals surface area contributed by atoms with Crippen LogP contribution in [-0.2, 0) is 15.9 Å². The van der Waals surface area contributed by atoms with Gasteiger partial charge in [0, 0.05) is 12.8 Å². The van der Waals surface area contributed by atoms with Crippen LogP contribution in [0.15, 0.2) is 29.8 Å². The number of ether oxygens (including phenoxy) is 2. The van der Waals surface area contributed by atoms with E-state index < -0.39 is 0 Å². The monoisotopic (exact) mass is 228 g/mol. The molecule has 1 heterocycles. The molecule has 0 saturated carbocycles. The fourth-order valence-corrected chi connectivity index (χ4v) is 3.40. The first-order valence-electron chi connectivity index (χ1n) is 6.43. The van der Waals surface area contributed by atoms with Gasteiger partial charge in [-0.15, -0.1) is 0 Å². The maximum atomic E-state index is 5.85. The standard InChI is InChI=1S/C15H16O2/c1-2-4-13-11(3-1)9-12-5-6-15(10-14(12)13)16-7-8-17-15/h1-4H,5-10H2. The van der Waals surface area contributed by atoms with Gasteiger partial charge in [0.2, 0.25) is 0 Å². The third-order valence-electron chi connectivity index (χ3n) is 4.24. The summed E-state index contributed by atoms with van der Waals surface area (Å²) in [6.45, 7) is 1.51. The van der Waals surface area contributed by atoms with Crippen LogP contribution in [0.25, 0.3) is 5.57 Å². The molecule has 0 unspecified atom stereocenters. The summed E-state index contributed by atoms with van der Waals surface area (Å²) in [5.41, 5.74) is 6.01. The molecule has 1 saturated heterocycles. The van der Waals surface area contributed by atoms with Crippen molar-refractivity contribution in [1.29, 1.82) is 0 Å². The summed E-state index contributed by atoms with van der Waals surface area (Å²) in [7, 11) is 0. The molecule has 1 aromatic rings. The third kappa shape index (κ3) is 1.41. The van der Waals surface area contributed by atoms with E-state index in [1.54, 1.807) is 5.57 Å². The molecule has 1 spiro atoms. The van der Waals surface area contributed by atoms with Gasteiger partial charge in [-0.2, -0.15) is 0 Å². The normalized spacial score (nSPS) is 25.2. The molecule has 0 aromatic heterocycles. The topological polar surface area (TPSA) is 18.5 Å². The van der Waals surface area contributed by atoms with Crippen molar-refractivity contribution in [2.24, 2.45) is 0 Å². The summed E-state index contributed by atoms with van der Waals surface area (Å²) in [4.78, 5) is 0. The second-order valence-corrected chi connectivity index (χ2v) is 5.20. The van der Waals surface area contributed by atoms with Gasteiger partial charge in [-0.1, -0.05) is 29.8 Å². The van der Waals surface area contributed by atoms with E-state index in [0.29, 0.717) is 0 Å². The molecule has 4 rings (SSSR count). The van der Waals surface area contributed by atoms with Gasteiger partial charge in [-0.25, -0.2) is 0 Å². The highest BCUT2D eigenvalue weighted by Crippen LogP contribution is 2.47. The van der Waals surface area contributed by atoms with Crippen LogP contribution in [0.1, 0.15) is 30.4 Å². The summed E-state index contributed by atoms with van der Waals surface area (Å²) in [6, 6.07) is 8.75. The van der Waals surface area contributed by atoms with Crippen LogP contribution in [-0.4, -0.2) is 19.0 Å². The fraction of sp³-hybridized carbons (Fsp3) is 0.467. The maximum Gasteiger partial charge on any atom is 0.172 e. The molecule has 17 heavy (non-hydrogen) atoms. The average molecular weight is 228 g/mol. The quantitative estimate of drug-likeness (QED) is 0.679. The summed E-state index contributed by atoms with van der Waals surface area (Å²) in [5, 5.41) is 0. The van der Waals surface area contributed by atoms with E-state index in [0.717, 1.165) is 38.9 Å². The maximum absolute atomic E-state index is 5.85. The van der Waals surface area contributed by atoms with E-state index in [1.807, 2.05) is 0 Å². The van der Waals surface area contributed by atoms with Gasteiger partial charge >= 0.3 is 0 Å². The molecule has 88 valence electrons. The Morgan fingerprint density at radius 2 is 1.88 bits per heavy atom. The highest BCUT2D eigenvalue weighted by molar-refractivity contribution is 5.77. The number of hydrogen-bond donors (Lipinski definition) is 0. The number of benzene rings is 1. The van der Waals surface area contributed by atoms with Crippen LogP contribution in [0.4, 0.5) is 0 Å². The van der Waals surface area contributed by atoms with Crippen molar-refractivity contribution in [2.45, 2.75) is 31.5 Å². The Labute approximate surface area is 101 Å². The van der Waals surface area contributed by atoms with Gasteiger partial charge in [0.15, 0.2) is 5.79 Å². The molecule has 1 aliphatic heterocycles. The molecule has 0 N–H and O–H groups in total. The molecule has 0 bridgehead atoms. The average Bonchev–Trinajstić information content (AvgIpc) is 2.95. The highest BCUT2D eigenvalue weighted by Gasteiger charge is 2.42. The SMILES string of the molecule is c1ccc2c(c1)CC1=C2CC2(CC1)OCCO2. The number of allylic oxidation sites excluding steroid dienone is 1. The summed E-state index contributed by atoms with van der Waals surface area (Å²) in [5.74, 6) is -0.295. The number of rotatable bonds is 0. The van der Waals surface area contributed by atoms with Crippen LogP contribution in [0, 0.1) is 0 Å². The van der Waals surface area contributed by atoms with Crippen molar-refractivity contribution in [2.75, 3.05) is 13.2 Å².